The van der Waals surface area contributed by atoms with Crippen molar-refractivity contribution in [1.82, 2.24) is 9.55 Å². The molecule has 1 heterocycles. The number of benzene rings is 1. The molecular weight excluding hydrogens is 298 g/mol. The number of amides is 1. The van der Waals surface area contributed by atoms with Gasteiger partial charge >= 0.3 is 5.69 Å². The van der Waals surface area contributed by atoms with Crippen LogP contribution >= 0.6 is 0 Å². The minimum atomic E-state index is -0.809. The fourth-order valence-electron chi connectivity index (χ4n) is 2.54. The largest absolute Gasteiger partial charge is 0.493 e. The Balaban J connectivity index is 2.85. The van der Waals surface area contributed by atoms with Gasteiger partial charge in [0.15, 0.2) is 0 Å². The highest BCUT2D eigenvalue weighted by Gasteiger charge is 2.17. The van der Waals surface area contributed by atoms with Gasteiger partial charge in [0.05, 0.1) is 5.69 Å². The number of carbonyl (C=O) groups excluding carboxylic acids is 1. The summed E-state index contributed by atoms with van der Waals surface area (Å²) in [5.41, 5.74) is 1.20. The van der Waals surface area contributed by atoms with E-state index in [-0.39, 0.29) is 5.56 Å². The van der Waals surface area contributed by atoms with Crippen LogP contribution in [-0.2, 0) is 4.79 Å². The van der Waals surface area contributed by atoms with Crippen LogP contribution in [0.5, 0.6) is 5.88 Å². The Kier molecular flexibility index (Phi) is 4.31. The van der Waals surface area contributed by atoms with Crippen LogP contribution in [0.4, 0.5) is 0 Å². The summed E-state index contributed by atoms with van der Waals surface area (Å²) in [5.74, 6) is -1.08. The lowest BCUT2D eigenvalue weighted by molar-refractivity contribution is -0.115. The molecular formula is C16H17N3O4. The van der Waals surface area contributed by atoms with Gasteiger partial charge in [0.25, 0.3) is 5.56 Å². The SMILES string of the molecule is CC(=O)N=Cc1c(O)n(-c2c(C)cc(C)cc2C)c(=O)[nH]c1=O. The topological polar surface area (TPSA) is 105 Å². The maximum absolute atomic E-state index is 12.2. The zero-order valence-corrected chi connectivity index (χ0v) is 13.3. The third-order valence-corrected chi connectivity index (χ3v) is 3.36. The molecule has 2 aromatic rings. The van der Waals surface area contributed by atoms with E-state index >= 15 is 0 Å². The minimum absolute atomic E-state index is 0.251. The smallest absolute Gasteiger partial charge is 0.335 e. The van der Waals surface area contributed by atoms with Gasteiger partial charge in [0, 0.05) is 13.1 Å². The lowest BCUT2D eigenvalue weighted by Crippen LogP contribution is -2.32. The summed E-state index contributed by atoms with van der Waals surface area (Å²) >= 11 is 0. The van der Waals surface area contributed by atoms with Crippen LogP contribution < -0.4 is 11.2 Å². The maximum atomic E-state index is 12.2. The first-order chi connectivity index (χ1) is 10.7. The molecule has 23 heavy (non-hydrogen) atoms. The Labute approximate surface area is 132 Å². The standard InChI is InChI=1S/C16H17N3O4/c1-8-5-9(2)13(10(3)6-8)19-15(22)12(7-17-11(4)20)14(21)18-16(19)23/h5-7,22H,1-4H3,(H,18,21,23). The van der Waals surface area contributed by atoms with E-state index in [0.29, 0.717) is 5.69 Å². The molecule has 0 unspecified atom stereocenters. The van der Waals surface area contributed by atoms with Crippen LogP contribution in [-0.4, -0.2) is 26.8 Å². The van der Waals surface area contributed by atoms with E-state index in [1.807, 2.05) is 19.1 Å². The molecule has 1 amide bonds. The molecule has 0 fully saturated rings. The van der Waals surface area contributed by atoms with Crippen LogP contribution in [0, 0.1) is 20.8 Å². The lowest BCUT2D eigenvalue weighted by Gasteiger charge is -2.15. The first-order valence-electron chi connectivity index (χ1n) is 6.93. The fourth-order valence-corrected chi connectivity index (χ4v) is 2.54. The Morgan fingerprint density at radius 1 is 1.22 bits per heavy atom. The Bertz CT molecular complexity index is 912. The van der Waals surface area contributed by atoms with Crippen molar-refractivity contribution in [2.24, 2.45) is 4.99 Å². The molecule has 0 atom stereocenters. The summed E-state index contributed by atoms with van der Waals surface area (Å²) in [6.45, 7) is 6.74. The molecule has 0 saturated carbocycles. The third-order valence-electron chi connectivity index (χ3n) is 3.36. The number of nitrogens with one attached hydrogen (secondary N) is 1. The molecule has 7 heteroatoms. The normalized spacial score (nSPS) is 11.1. The highest BCUT2D eigenvalue weighted by molar-refractivity contribution is 5.92. The molecule has 0 aliphatic heterocycles. The second kappa shape index (κ2) is 6.04. The number of aromatic hydroxyl groups is 1. The monoisotopic (exact) mass is 315 g/mol. The van der Waals surface area contributed by atoms with E-state index in [1.165, 1.54) is 6.92 Å². The van der Waals surface area contributed by atoms with Crippen molar-refractivity contribution in [2.45, 2.75) is 27.7 Å². The number of rotatable bonds is 2. The number of H-pyrrole nitrogens is 1. The van der Waals surface area contributed by atoms with Gasteiger partial charge in [-0.25, -0.2) is 14.4 Å². The van der Waals surface area contributed by atoms with Gasteiger partial charge in [-0.2, -0.15) is 0 Å². The van der Waals surface area contributed by atoms with Crippen LogP contribution in [0.25, 0.3) is 5.69 Å². The summed E-state index contributed by atoms with van der Waals surface area (Å²) in [6, 6.07) is 3.73. The second-order valence-electron chi connectivity index (χ2n) is 5.36. The molecule has 1 aromatic carbocycles. The number of nitrogens with zero attached hydrogens (tertiary/aromatic N) is 2. The van der Waals surface area contributed by atoms with E-state index in [0.717, 1.165) is 27.5 Å². The second-order valence-corrected chi connectivity index (χ2v) is 5.36. The first-order valence-corrected chi connectivity index (χ1v) is 6.93. The molecule has 0 radical (unpaired) electrons. The number of hydrogen-bond acceptors (Lipinski definition) is 4. The highest BCUT2D eigenvalue weighted by Crippen LogP contribution is 2.23. The Hall–Kier alpha value is -2.96. The van der Waals surface area contributed by atoms with Gasteiger partial charge in [0.1, 0.15) is 5.56 Å². The van der Waals surface area contributed by atoms with Crippen LogP contribution in [0.2, 0.25) is 0 Å². The molecule has 120 valence electrons. The van der Waals surface area contributed by atoms with E-state index in [1.54, 1.807) is 13.8 Å². The number of aromatic amines is 1. The summed E-state index contributed by atoms with van der Waals surface area (Å²) < 4.78 is 1.01. The molecule has 0 aliphatic rings. The van der Waals surface area contributed by atoms with Gasteiger partial charge in [-0.05, 0) is 31.9 Å². The molecule has 0 spiro atoms. The number of carbonyl (C=O) groups is 1. The summed E-state index contributed by atoms with van der Waals surface area (Å²) in [5, 5.41) is 10.4. The van der Waals surface area contributed by atoms with Gasteiger partial charge in [0.2, 0.25) is 11.8 Å². The van der Waals surface area contributed by atoms with Crippen molar-refractivity contribution < 1.29 is 9.90 Å². The minimum Gasteiger partial charge on any atom is -0.493 e. The Morgan fingerprint density at radius 2 is 1.78 bits per heavy atom. The van der Waals surface area contributed by atoms with Crippen molar-refractivity contribution >= 4 is 12.1 Å². The first kappa shape index (κ1) is 16.4. The quantitative estimate of drug-likeness (QED) is 0.810. The number of hydrogen-bond donors (Lipinski definition) is 2. The molecule has 7 nitrogen and oxygen atoms in total. The predicted molar refractivity (Wildman–Crippen MR) is 86.8 cm³/mol. The molecule has 0 saturated heterocycles. The zero-order valence-electron chi connectivity index (χ0n) is 13.3. The average molecular weight is 315 g/mol. The van der Waals surface area contributed by atoms with E-state index in [4.69, 9.17) is 0 Å². The van der Waals surface area contributed by atoms with Gasteiger partial charge in [-0.1, -0.05) is 17.7 Å². The van der Waals surface area contributed by atoms with E-state index in [9.17, 15) is 19.5 Å². The lowest BCUT2D eigenvalue weighted by atomic mass is 10.0. The number of aromatic nitrogens is 2. The number of aliphatic imine (C=N–C) groups is 1. The van der Waals surface area contributed by atoms with Crippen LogP contribution in [0.15, 0.2) is 26.7 Å². The van der Waals surface area contributed by atoms with Crippen molar-refractivity contribution in [1.29, 1.82) is 0 Å². The third kappa shape index (κ3) is 3.13. The van der Waals surface area contributed by atoms with E-state index in [2.05, 4.69) is 9.98 Å². The molecule has 2 rings (SSSR count). The fraction of sp³-hybridized carbons (Fsp3) is 0.250. The maximum Gasteiger partial charge on any atom is 0.335 e. The summed E-state index contributed by atoms with van der Waals surface area (Å²) in [7, 11) is 0. The van der Waals surface area contributed by atoms with Gasteiger partial charge in [-0.15, -0.1) is 0 Å². The zero-order chi connectivity index (χ0) is 17.3. The summed E-state index contributed by atoms with van der Waals surface area (Å²) in [6.07, 6.45) is 0.950. The van der Waals surface area contributed by atoms with Gasteiger partial charge in [-0.3, -0.25) is 14.6 Å². The molecule has 0 aliphatic carbocycles. The average Bonchev–Trinajstić information content (AvgIpc) is 2.40. The van der Waals surface area contributed by atoms with Crippen LogP contribution in [0.3, 0.4) is 0 Å². The molecule has 1 aromatic heterocycles. The van der Waals surface area contributed by atoms with Crippen molar-refractivity contribution in [2.75, 3.05) is 0 Å². The molecule has 0 bridgehead atoms. The van der Waals surface area contributed by atoms with Crippen molar-refractivity contribution in [3.05, 3.63) is 55.2 Å². The molecule has 2 N–H and O–H groups in total. The van der Waals surface area contributed by atoms with Crippen LogP contribution in [0.1, 0.15) is 29.2 Å². The van der Waals surface area contributed by atoms with Crippen molar-refractivity contribution in [3.63, 3.8) is 0 Å². The Morgan fingerprint density at radius 3 is 2.30 bits per heavy atom. The number of aryl methyl sites for hydroxylation is 3. The van der Waals surface area contributed by atoms with E-state index < -0.39 is 23.0 Å². The van der Waals surface area contributed by atoms with Gasteiger partial charge < -0.3 is 5.11 Å². The predicted octanol–water partition coefficient (Wildman–Crippen LogP) is 1.12. The summed E-state index contributed by atoms with van der Waals surface area (Å²) in [4.78, 5) is 40.6. The van der Waals surface area contributed by atoms with Crippen molar-refractivity contribution in [3.8, 4) is 11.6 Å². The highest BCUT2D eigenvalue weighted by atomic mass is 16.3.